The normalized spacial score (nSPS) is 9.42. The number of phosphoric ester groups is 1. The average Bonchev–Trinajstić information content (AvgIpc) is 1.86. The van der Waals surface area contributed by atoms with Crippen LogP contribution in [0.4, 0.5) is 0 Å². The molecule has 0 bridgehead atoms. The van der Waals surface area contributed by atoms with Gasteiger partial charge in [-0.15, -0.1) is 0 Å². The van der Waals surface area contributed by atoms with Gasteiger partial charge in [-0.05, 0) is 6.92 Å². The molecular formula is C4H16N2NaO4P. The number of hydrogen-bond donors (Lipinski definition) is 4. The summed E-state index contributed by atoms with van der Waals surface area (Å²) in [5.74, 6) is 0. The Bertz CT molecular complexity index is 118. The van der Waals surface area contributed by atoms with E-state index in [9.17, 15) is 4.57 Å². The standard InChI is InChI=1S/C2H8N2.C2H7O4P.Na.H/c3-1-2-4;1-2-6-7(3,4)5;;/h1-4H2;2H2,1H3,(H2,3,4,5);;. The molecule has 0 atom stereocenters. The second-order valence-corrected chi connectivity index (χ2v) is 2.73. The maximum absolute atomic E-state index is 9.70. The van der Waals surface area contributed by atoms with Crippen LogP contribution < -0.4 is 11.5 Å². The third-order valence-corrected chi connectivity index (χ3v) is 1.06. The molecule has 6 nitrogen and oxygen atoms in total. The molecule has 0 saturated carbocycles. The van der Waals surface area contributed by atoms with E-state index < -0.39 is 7.82 Å². The van der Waals surface area contributed by atoms with E-state index >= 15 is 0 Å². The molecule has 0 radical (unpaired) electrons. The Labute approximate surface area is 94.2 Å². The average molecular weight is 210 g/mol. The first-order valence-corrected chi connectivity index (χ1v) is 4.61. The molecule has 0 saturated heterocycles. The van der Waals surface area contributed by atoms with Crippen LogP contribution in [0.1, 0.15) is 6.92 Å². The third-order valence-electron chi connectivity index (χ3n) is 0.464. The van der Waals surface area contributed by atoms with Gasteiger partial charge in [0.25, 0.3) is 0 Å². The molecule has 0 heterocycles. The van der Waals surface area contributed by atoms with E-state index in [0.29, 0.717) is 13.1 Å². The quantitative estimate of drug-likeness (QED) is 0.328. The summed E-state index contributed by atoms with van der Waals surface area (Å²) >= 11 is 0. The Hall–Kier alpha value is 1.03. The van der Waals surface area contributed by atoms with Gasteiger partial charge in [-0.1, -0.05) is 0 Å². The molecule has 8 heteroatoms. The van der Waals surface area contributed by atoms with Crippen molar-refractivity contribution in [2.24, 2.45) is 11.5 Å². The first-order chi connectivity index (χ1) is 4.97. The zero-order chi connectivity index (χ0) is 9.33. The fourth-order valence-electron chi connectivity index (χ4n) is 0.168. The third kappa shape index (κ3) is 30.5. The minimum atomic E-state index is -4.17. The molecule has 6 N–H and O–H groups in total. The van der Waals surface area contributed by atoms with Crippen LogP contribution in [0.15, 0.2) is 0 Å². The van der Waals surface area contributed by atoms with Gasteiger partial charge in [0.05, 0.1) is 6.61 Å². The summed E-state index contributed by atoms with van der Waals surface area (Å²) in [6.45, 7) is 2.75. The predicted molar refractivity (Wildman–Crippen MR) is 48.9 cm³/mol. The van der Waals surface area contributed by atoms with Crippen LogP contribution in [0.25, 0.3) is 0 Å². The first kappa shape index (κ1) is 18.7. The number of nitrogens with two attached hydrogens (primary N) is 2. The van der Waals surface area contributed by atoms with Crippen molar-refractivity contribution in [1.29, 1.82) is 0 Å². The first-order valence-electron chi connectivity index (χ1n) is 3.08. The zero-order valence-electron chi connectivity index (χ0n) is 6.43. The van der Waals surface area contributed by atoms with Gasteiger partial charge in [0, 0.05) is 13.1 Å². The van der Waals surface area contributed by atoms with Crippen molar-refractivity contribution in [1.82, 2.24) is 0 Å². The van der Waals surface area contributed by atoms with Gasteiger partial charge in [0.15, 0.2) is 0 Å². The summed E-state index contributed by atoms with van der Waals surface area (Å²) < 4.78 is 13.6. The Morgan fingerprint density at radius 2 is 1.67 bits per heavy atom. The van der Waals surface area contributed by atoms with Gasteiger partial charge < -0.3 is 21.3 Å². The molecule has 0 rings (SSSR count). The van der Waals surface area contributed by atoms with Crippen LogP contribution in [0.2, 0.25) is 0 Å². The molecule has 0 spiro atoms. The molecule has 0 amide bonds. The SMILES string of the molecule is CCOP(=O)(O)O.NCCN.[NaH]. The Kier molecular flexibility index (Phi) is 18.8. The summed E-state index contributed by atoms with van der Waals surface area (Å²) in [5.41, 5.74) is 9.81. The predicted octanol–water partition coefficient (Wildman–Crippen LogP) is -1.63. The number of hydrogen-bond acceptors (Lipinski definition) is 4. The van der Waals surface area contributed by atoms with Crippen LogP contribution in [-0.2, 0) is 9.09 Å². The molecule has 0 aliphatic carbocycles. The number of rotatable bonds is 3. The van der Waals surface area contributed by atoms with Crippen molar-refractivity contribution in [2.75, 3.05) is 19.7 Å². The van der Waals surface area contributed by atoms with Crippen LogP contribution in [0.3, 0.4) is 0 Å². The van der Waals surface area contributed by atoms with Gasteiger partial charge in [-0.3, -0.25) is 4.52 Å². The van der Waals surface area contributed by atoms with E-state index in [2.05, 4.69) is 4.52 Å². The van der Waals surface area contributed by atoms with Crippen molar-refractivity contribution in [3.8, 4) is 0 Å². The van der Waals surface area contributed by atoms with E-state index in [1.165, 1.54) is 6.92 Å². The second kappa shape index (κ2) is 12.0. The Morgan fingerprint density at radius 3 is 1.67 bits per heavy atom. The molecule has 0 aromatic carbocycles. The van der Waals surface area contributed by atoms with Crippen LogP contribution >= 0.6 is 7.82 Å². The molecule has 12 heavy (non-hydrogen) atoms. The topological polar surface area (TPSA) is 119 Å². The van der Waals surface area contributed by atoms with E-state index in [1.807, 2.05) is 0 Å². The van der Waals surface area contributed by atoms with Crippen molar-refractivity contribution in [2.45, 2.75) is 6.92 Å². The zero-order valence-corrected chi connectivity index (χ0v) is 7.33. The molecule has 0 aromatic heterocycles. The fourth-order valence-corrected chi connectivity index (χ4v) is 0.505. The van der Waals surface area contributed by atoms with E-state index in [4.69, 9.17) is 21.3 Å². The van der Waals surface area contributed by atoms with E-state index in [-0.39, 0.29) is 36.2 Å². The Balaban J connectivity index is -0.000000142. The van der Waals surface area contributed by atoms with Crippen LogP contribution in [-0.4, -0.2) is 59.0 Å². The molecule has 0 aliphatic heterocycles. The maximum atomic E-state index is 9.70. The summed E-state index contributed by atoms with van der Waals surface area (Å²) in [6.07, 6.45) is 0. The molecule has 0 aromatic rings. The van der Waals surface area contributed by atoms with Gasteiger partial charge >= 0.3 is 37.4 Å². The van der Waals surface area contributed by atoms with Gasteiger partial charge in [-0.2, -0.15) is 0 Å². The second-order valence-electron chi connectivity index (χ2n) is 1.49. The molecule has 72 valence electrons. The van der Waals surface area contributed by atoms with Gasteiger partial charge in [-0.25, -0.2) is 4.57 Å². The Morgan fingerprint density at radius 1 is 1.33 bits per heavy atom. The van der Waals surface area contributed by atoms with E-state index in [1.54, 1.807) is 0 Å². The summed E-state index contributed by atoms with van der Waals surface area (Å²) in [7, 11) is -4.17. The monoisotopic (exact) mass is 210 g/mol. The summed E-state index contributed by atoms with van der Waals surface area (Å²) in [6, 6.07) is 0. The fraction of sp³-hybridized carbons (Fsp3) is 1.00. The molecule has 0 fully saturated rings. The van der Waals surface area contributed by atoms with Crippen molar-refractivity contribution >= 4 is 37.4 Å². The van der Waals surface area contributed by atoms with Gasteiger partial charge in [0.2, 0.25) is 0 Å². The molecular weight excluding hydrogens is 194 g/mol. The van der Waals surface area contributed by atoms with Crippen molar-refractivity contribution < 1.29 is 18.9 Å². The molecule has 0 aliphatic rings. The summed E-state index contributed by atoms with van der Waals surface area (Å²) in [4.78, 5) is 15.8. The van der Waals surface area contributed by atoms with Gasteiger partial charge in [0.1, 0.15) is 0 Å². The van der Waals surface area contributed by atoms with Crippen molar-refractivity contribution in [3.63, 3.8) is 0 Å². The van der Waals surface area contributed by atoms with Crippen LogP contribution in [0.5, 0.6) is 0 Å². The van der Waals surface area contributed by atoms with Crippen molar-refractivity contribution in [3.05, 3.63) is 0 Å². The minimum absolute atomic E-state index is 0. The van der Waals surface area contributed by atoms with Crippen LogP contribution in [0, 0.1) is 0 Å². The number of phosphoric acid groups is 1. The summed E-state index contributed by atoms with van der Waals surface area (Å²) in [5, 5.41) is 0. The molecule has 0 unspecified atom stereocenters. The van der Waals surface area contributed by atoms with E-state index in [0.717, 1.165) is 0 Å².